The van der Waals surface area contributed by atoms with Gasteiger partial charge in [0, 0.05) is 79.7 Å². The van der Waals surface area contributed by atoms with Crippen molar-refractivity contribution in [2.45, 2.75) is 50.0 Å². The lowest BCUT2D eigenvalue weighted by Crippen LogP contribution is -2.49. The summed E-state index contributed by atoms with van der Waals surface area (Å²) in [6.07, 6.45) is 11.4. The first-order chi connectivity index (χ1) is 29.8. The Morgan fingerprint density at radius 3 is 1.37 bits per heavy atom. The van der Waals surface area contributed by atoms with Crippen molar-refractivity contribution in [1.29, 1.82) is 0 Å². The number of β-amino-alcohol motifs (C(OH)–C–C–N with tert-alkyl or cyclic N) is 4. The fourth-order valence-corrected chi connectivity index (χ4v) is 9.35. The van der Waals surface area contributed by atoms with Gasteiger partial charge in [-0.15, -0.1) is 0 Å². The lowest BCUT2D eigenvalue weighted by Gasteiger charge is -2.17. The molecule has 15 nitrogen and oxygen atoms in total. The monoisotopic (exact) mass is 885 g/mol. The minimum atomic E-state index is -1.22. The minimum Gasteiger partial charge on any atom is -0.481 e. The second-order valence-electron chi connectivity index (χ2n) is 15.3. The number of aliphatic hydroxyl groups is 4. The number of carbonyl (C=O) groups is 4. The standard InChI is InChI=1S/C45H49N5O10S2/c51-37(22-47-17-13-32(14-18-47)3-1-30-5-9-35(10-6-30)49-23-39(52)40(53)24-49)21-34(44(57)58)28-61-62-29-38(45(59)60)46-43(56)27-48-19-15-33(16-20-48)4-2-31-7-11-36(12-8-31)50-25-41(54)42(55)26-50/h1-20,34,38-42,52-55H,21-29H2,(H-2,46,56,57,58,59,60)/p+2. The van der Waals surface area contributed by atoms with Gasteiger partial charge in [-0.05, 0) is 46.5 Å². The zero-order valence-electron chi connectivity index (χ0n) is 33.8. The zero-order chi connectivity index (χ0) is 44.2. The lowest BCUT2D eigenvalue weighted by atomic mass is 10.0. The molecule has 2 saturated heterocycles. The van der Waals surface area contributed by atoms with E-state index >= 15 is 0 Å². The topological polar surface area (TPSA) is 216 Å². The molecule has 2 aromatic heterocycles. The van der Waals surface area contributed by atoms with Crippen molar-refractivity contribution in [3.8, 4) is 0 Å². The molecule has 6 atom stereocenters. The predicted molar refractivity (Wildman–Crippen MR) is 238 cm³/mol. The van der Waals surface area contributed by atoms with Crippen LogP contribution in [0.4, 0.5) is 11.4 Å². The average molecular weight is 886 g/mol. The molecule has 4 heterocycles. The van der Waals surface area contributed by atoms with Gasteiger partial charge in [0.25, 0.3) is 5.91 Å². The van der Waals surface area contributed by atoms with Crippen LogP contribution in [-0.2, 0) is 32.3 Å². The normalized spacial score (nSPS) is 19.9. The summed E-state index contributed by atoms with van der Waals surface area (Å²) in [4.78, 5) is 53.4. The van der Waals surface area contributed by atoms with Gasteiger partial charge < -0.3 is 45.8 Å². The van der Waals surface area contributed by atoms with E-state index < -0.39 is 54.2 Å². The highest BCUT2D eigenvalue weighted by Gasteiger charge is 2.31. The van der Waals surface area contributed by atoms with E-state index in [1.54, 1.807) is 33.9 Å². The number of amides is 1. The van der Waals surface area contributed by atoms with Crippen LogP contribution in [0, 0.1) is 5.92 Å². The molecule has 326 valence electrons. The largest absolute Gasteiger partial charge is 0.481 e. The van der Waals surface area contributed by atoms with E-state index in [1.165, 1.54) is 0 Å². The number of hydrogen-bond acceptors (Lipinski definition) is 12. The van der Waals surface area contributed by atoms with Crippen molar-refractivity contribution >= 4 is 80.9 Å². The molecule has 2 aromatic carbocycles. The van der Waals surface area contributed by atoms with Gasteiger partial charge >= 0.3 is 11.9 Å². The van der Waals surface area contributed by atoms with Gasteiger partial charge in [0.1, 0.15) is 6.04 Å². The number of nitrogens with zero attached hydrogens (tertiary/aromatic N) is 4. The third-order valence-corrected chi connectivity index (χ3v) is 13.0. The number of aliphatic hydroxyl groups excluding tert-OH is 4. The Labute approximate surface area is 367 Å². The van der Waals surface area contributed by atoms with Crippen LogP contribution in [0.3, 0.4) is 0 Å². The maximum atomic E-state index is 12.9. The number of carboxylic acid groups (broad SMARTS) is 2. The van der Waals surface area contributed by atoms with Gasteiger partial charge in [0.05, 0.1) is 30.3 Å². The van der Waals surface area contributed by atoms with Crippen molar-refractivity contribution in [2.24, 2.45) is 5.92 Å². The van der Waals surface area contributed by atoms with E-state index in [2.05, 4.69) is 5.32 Å². The Bertz CT molecular complexity index is 2030. The SMILES string of the molecule is O=C(CC(CSSCC(NC(=O)C[n+]1ccc(/C=C/c2ccc(N3CC(O)C(O)C3)cc2)cc1)C(=O)O)C(=O)O)C[n+]1ccc(/C=C/c2ccc(N3CC(O)C(O)C3)cc2)cc1. The molecule has 6 unspecified atom stereocenters. The third kappa shape index (κ3) is 13.5. The molecule has 0 saturated carbocycles. The Balaban J connectivity index is 0.889. The highest BCUT2D eigenvalue weighted by atomic mass is 33.1. The predicted octanol–water partition coefficient (Wildman–Crippen LogP) is 2.00. The fraction of sp³-hybridized carbons (Fsp3) is 0.333. The zero-order valence-corrected chi connectivity index (χ0v) is 35.4. The number of ketones is 1. The number of Topliss-reactive ketones (excluding diaryl/α,β-unsaturated/α-hetero) is 1. The molecule has 2 fully saturated rings. The van der Waals surface area contributed by atoms with Crippen LogP contribution in [0.1, 0.15) is 28.7 Å². The van der Waals surface area contributed by atoms with Crippen LogP contribution >= 0.6 is 21.6 Å². The Morgan fingerprint density at radius 2 is 0.968 bits per heavy atom. The quantitative estimate of drug-likeness (QED) is 0.0384. The van der Waals surface area contributed by atoms with Crippen molar-refractivity contribution in [1.82, 2.24) is 5.32 Å². The van der Waals surface area contributed by atoms with E-state index in [0.717, 1.165) is 55.2 Å². The molecule has 0 radical (unpaired) electrons. The van der Waals surface area contributed by atoms with Crippen molar-refractivity contribution < 1.29 is 59.0 Å². The molecule has 2 aliphatic rings. The Morgan fingerprint density at radius 1 is 0.581 bits per heavy atom. The first kappa shape index (κ1) is 46.0. The Kier molecular flexibility index (Phi) is 16.3. The number of carboxylic acids is 2. The highest BCUT2D eigenvalue weighted by Crippen LogP contribution is 2.27. The lowest BCUT2D eigenvalue weighted by molar-refractivity contribution is -0.684. The van der Waals surface area contributed by atoms with Crippen LogP contribution < -0.4 is 24.3 Å². The number of benzene rings is 2. The molecule has 0 bridgehead atoms. The third-order valence-electron chi connectivity index (χ3n) is 10.5. The number of aliphatic carboxylic acids is 2. The van der Waals surface area contributed by atoms with Gasteiger partial charge in [-0.25, -0.2) is 4.79 Å². The number of pyridine rings is 2. The first-order valence-corrected chi connectivity index (χ1v) is 22.6. The second kappa shape index (κ2) is 22.0. The van der Waals surface area contributed by atoms with Crippen LogP contribution in [0.15, 0.2) is 97.6 Å². The fourth-order valence-electron chi connectivity index (χ4n) is 6.90. The molecule has 4 aromatic rings. The van der Waals surface area contributed by atoms with E-state index in [4.69, 9.17) is 0 Å². The van der Waals surface area contributed by atoms with E-state index in [1.807, 2.05) is 107 Å². The molecule has 62 heavy (non-hydrogen) atoms. The summed E-state index contributed by atoms with van der Waals surface area (Å²) in [5, 5.41) is 61.3. The summed E-state index contributed by atoms with van der Waals surface area (Å²) >= 11 is 0. The molecule has 17 heteroatoms. The second-order valence-corrected chi connectivity index (χ2v) is 17.9. The van der Waals surface area contributed by atoms with Gasteiger partial charge in [0.15, 0.2) is 30.6 Å². The average Bonchev–Trinajstić information content (AvgIpc) is 3.78. The number of rotatable bonds is 20. The van der Waals surface area contributed by atoms with Crippen molar-refractivity contribution in [3.05, 3.63) is 120 Å². The minimum absolute atomic E-state index is 0.00789. The number of anilines is 2. The molecule has 1 amide bonds. The number of nitrogens with one attached hydrogen (secondary N) is 1. The van der Waals surface area contributed by atoms with Gasteiger partial charge in [-0.2, -0.15) is 9.13 Å². The van der Waals surface area contributed by atoms with Crippen LogP contribution in [0.25, 0.3) is 24.3 Å². The number of hydrogen-bond donors (Lipinski definition) is 7. The maximum Gasteiger partial charge on any atom is 0.327 e. The van der Waals surface area contributed by atoms with E-state index in [9.17, 15) is 49.8 Å². The molecule has 0 aliphatic carbocycles. The summed E-state index contributed by atoms with van der Waals surface area (Å²) in [6.45, 7) is 1.41. The molecule has 6 rings (SSSR count). The summed E-state index contributed by atoms with van der Waals surface area (Å²) in [7, 11) is 2.25. The van der Waals surface area contributed by atoms with Crippen LogP contribution in [0.5, 0.6) is 0 Å². The molecule has 7 N–H and O–H groups in total. The summed E-state index contributed by atoms with van der Waals surface area (Å²) in [5.41, 5.74) is 5.54. The first-order valence-electron chi connectivity index (χ1n) is 20.1. The summed E-state index contributed by atoms with van der Waals surface area (Å²) in [5.74, 6) is -4.04. The Hall–Kier alpha value is -5.56. The molecular formula is C45H51N5O10S2+2. The van der Waals surface area contributed by atoms with Gasteiger partial charge in [0.2, 0.25) is 13.1 Å². The highest BCUT2D eigenvalue weighted by molar-refractivity contribution is 8.76. The van der Waals surface area contributed by atoms with Crippen molar-refractivity contribution in [2.75, 3.05) is 47.5 Å². The number of aromatic nitrogens is 2. The van der Waals surface area contributed by atoms with Gasteiger partial charge in [-0.3, -0.25) is 14.4 Å². The maximum absolute atomic E-state index is 12.9. The smallest absolute Gasteiger partial charge is 0.327 e. The van der Waals surface area contributed by atoms with Crippen molar-refractivity contribution in [3.63, 3.8) is 0 Å². The summed E-state index contributed by atoms with van der Waals surface area (Å²) < 4.78 is 3.30. The van der Waals surface area contributed by atoms with E-state index in [0.29, 0.717) is 26.2 Å². The molecule has 2 aliphatic heterocycles. The summed E-state index contributed by atoms with van der Waals surface area (Å²) in [6, 6.07) is 21.7. The van der Waals surface area contributed by atoms with Gasteiger partial charge in [-0.1, -0.05) is 70.2 Å². The number of carbonyl (C=O) groups excluding carboxylic acids is 2. The van der Waals surface area contributed by atoms with Crippen LogP contribution in [0.2, 0.25) is 0 Å². The van der Waals surface area contributed by atoms with Crippen LogP contribution in [-0.4, -0.2) is 122 Å². The van der Waals surface area contributed by atoms with E-state index in [-0.39, 0.29) is 36.8 Å². The molecule has 0 spiro atoms. The molecular weight excluding hydrogens is 835 g/mol.